The van der Waals surface area contributed by atoms with Crippen molar-refractivity contribution in [3.05, 3.63) is 0 Å². The van der Waals surface area contributed by atoms with E-state index in [4.69, 9.17) is 9.05 Å². The topological polar surface area (TPSA) is 36.9 Å². The monoisotopic (exact) mass is 154 g/mol. The van der Waals surface area contributed by atoms with E-state index in [9.17, 15) is 0 Å². The summed E-state index contributed by atoms with van der Waals surface area (Å²) in [4.78, 5) is 0. The van der Waals surface area contributed by atoms with Gasteiger partial charge in [-0.2, -0.15) is 0 Å². The van der Waals surface area contributed by atoms with Crippen molar-refractivity contribution in [3.63, 3.8) is 0 Å². The van der Waals surface area contributed by atoms with Gasteiger partial charge < -0.3 is 18.5 Å². The van der Waals surface area contributed by atoms with E-state index in [0.29, 0.717) is 0 Å². The summed E-state index contributed by atoms with van der Waals surface area (Å²) in [5.74, 6) is 0. The van der Waals surface area contributed by atoms with Gasteiger partial charge in [-0.1, -0.05) is 0 Å². The van der Waals surface area contributed by atoms with Gasteiger partial charge in [-0.3, -0.25) is 0 Å². The Bertz CT molecular complexity index is 45.8. The Kier molecular flexibility index (Phi) is 8.52. The third kappa shape index (κ3) is 8.27. The van der Waals surface area contributed by atoms with Crippen molar-refractivity contribution >= 4 is 9.03 Å². The third-order valence-corrected chi connectivity index (χ3v) is 0.943. The van der Waals surface area contributed by atoms with Crippen LogP contribution in [0.25, 0.3) is 0 Å². The molecule has 0 aromatic heterocycles. The Hall–Kier alpha value is 0.270. The summed E-state index contributed by atoms with van der Waals surface area (Å²) in [5, 5.41) is 0. The van der Waals surface area contributed by atoms with Crippen molar-refractivity contribution in [3.8, 4) is 0 Å². The summed E-state index contributed by atoms with van der Waals surface area (Å²) in [6.07, 6.45) is 0. The molecule has 4 nitrogen and oxygen atoms in total. The summed E-state index contributed by atoms with van der Waals surface area (Å²) in [7, 11) is 3.11. The summed E-state index contributed by atoms with van der Waals surface area (Å²) in [6, 6.07) is 0. The van der Waals surface area contributed by atoms with E-state index in [0.717, 1.165) is 0 Å². The van der Waals surface area contributed by atoms with Crippen molar-refractivity contribution in [1.29, 1.82) is 0 Å². The minimum Gasteiger partial charge on any atom is -0.358 e. The lowest BCUT2D eigenvalue weighted by atomic mass is 11.4. The van der Waals surface area contributed by atoms with Crippen LogP contribution in [0.3, 0.4) is 0 Å². The lowest BCUT2D eigenvalue weighted by Gasteiger charge is -2.00. The molecule has 0 aliphatic carbocycles. The molecule has 0 N–H and O–H groups in total. The zero-order valence-corrected chi connectivity index (χ0v) is 6.55. The number of ether oxygens (including phenoxy) is 2. The van der Waals surface area contributed by atoms with E-state index in [1.807, 2.05) is 0 Å². The van der Waals surface area contributed by atoms with Gasteiger partial charge in [-0.15, -0.1) is 0 Å². The van der Waals surface area contributed by atoms with Gasteiger partial charge in [0.05, 0.1) is 0 Å². The first-order valence-electron chi connectivity index (χ1n) is 2.38. The largest absolute Gasteiger partial charge is 0.358 e. The fraction of sp³-hybridized carbons (Fsp3) is 1.00. The van der Waals surface area contributed by atoms with Crippen LogP contribution in [-0.4, -0.2) is 27.8 Å². The number of methoxy groups -OCH3 is 2. The summed E-state index contributed by atoms with van der Waals surface area (Å²) < 4.78 is 18.7. The second-order valence-corrected chi connectivity index (χ2v) is 1.93. The molecule has 0 aromatic carbocycles. The van der Waals surface area contributed by atoms with Crippen LogP contribution in [-0.2, 0) is 18.5 Å². The van der Waals surface area contributed by atoms with Gasteiger partial charge in [0.25, 0.3) is 0 Å². The molecule has 0 radical (unpaired) electrons. The average molecular weight is 154 g/mol. The Morgan fingerprint density at radius 2 is 1.44 bits per heavy atom. The fourth-order valence-corrected chi connectivity index (χ4v) is 0.623. The maximum absolute atomic E-state index is 4.79. The van der Waals surface area contributed by atoms with Crippen LogP contribution in [0.2, 0.25) is 0 Å². The molecule has 0 unspecified atom stereocenters. The normalized spacial score (nSPS) is 10.0. The van der Waals surface area contributed by atoms with Crippen LogP contribution in [0, 0.1) is 0 Å². The van der Waals surface area contributed by atoms with E-state index >= 15 is 0 Å². The molecule has 0 bridgehead atoms. The number of hydrogen-bond donors (Lipinski definition) is 0. The highest BCUT2D eigenvalue weighted by atomic mass is 31.1. The second-order valence-electron chi connectivity index (χ2n) is 1.19. The van der Waals surface area contributed by atoms with Gasteiger partial charge in [0, 0.05) is 14.2 Å². The van der Waals surface area contributed by atoms with Crippen molar-refractivity contribution in [2.24, 2.45) is 0 Å². The minimum atomic E-state index is -0.00414. The van der Waals surface area contributed by atoms with Crippen LogP contribution < -0.4 is 0 Å². The predicted octanol–water partition coefficient (Wildman–Crippen LogP) is 0.736. The molecule has 0 amide bonds. The summed E-state index contributed by atoms with van der Waals surface area (Å²) >= 11 is 0. The van der Waals surface area contributed by atoms with Gasteiger partial charge in [0.2, 0.25) is 0 Å². The molecule has 0 saturated carbocycles. The van der Waals surface area contributed by atoms with Crippen LogP contribution in [0.4, 0.5) is 0 Å². The van der Waals surface area contributed by atoms with Crippen molar-refractivity contribution in [2.75, 3.05) is 27.8 Å². The highest BCUT2D eigenvalue weighted by Crippen LogP contribution is 2.11. The van der Waals surface area contributed by atoms with Gasteiger partial charge in [-0.05, 0) is 0 Å². The average Bonchev–Trinajstić information content (AvgIpc) is 1.89. The molecule has 0 heterocycles. The maximum atomic E-state index is 4.79. The first-order chi connectivity index (χ1) is 4.41. The van der Waals surface area contributed by atoms with Crippen LogP contribution >= 0.6 is 9.03 Å². The standard InChI is InChI=1S/C4H11O4P/c1-5-3-7-9-8-4-6-2/h9H,3-4H2,1-2H3. The summed E-state index contributed by atoms with van der Waals surface area (Å²) in [6.45, 7) is 0.532. The van der Waals surface area contributed by atoms with Gasteiger partial charge in [0.15, 0.2) is 22.6 Å². The molecule has 0 fully saturated rings. The van der Waals surface area contributed by atoms with Gasteiger partial charge >= 0.3 is 0 Å². The number of rotatable bonds is 6. The Balaban J connectivity index is 2.60. The quantitative estimate of drug-likeness (QED) is 0.321. The Morgan fingerprint density at radius 3 is 1.78 bits per heavy atom. The lowest BCUT2D eigenvalue weighted by molar-refractivity contribution is 0.0234. The molecule has 5 heteroatoms. The summed E-state index contributed by atoms with van der Waals surface area (Å²) in [5.41, 5.74) is 0. The molecule has 0 aliphatic heterocycles. The molecule has 0 aliphatic rings. The molecular weight excluding hydrogens is 143 g/mol. The zero-order valence-electron chi connectivity index (χ0n) is 5.55. The van der Waals surface area contributed by atoms with E-state index in [2.05, 4.69) is 9.47 Å². The fourth-order valence-electron chi connectivity index (χ4n) is 0.208. The zero-order chi connectivity index (χ0) is 6.95. The van der Waals surface area contributed by atoms with Gasteiger partial charge in [-0.25, -0.2) is 0 Å². The molecule has 0 aromatic rings. The number of hydrogen-bond acceptors (Lipinski definition) is 4. The van der Waals surface area contributed by atoms with Crippen LogP contribution in [0.15, 0.2) is 0 Å². The van der Waals surface area contributed by atoms with Crippen molar-refractivity contribution in [1.82, 2.24) is 0 Å². The Labute approximate surface area is 56.4 Å². The third-order valence-electron chi connectivity index (χ3n) is 0.471. The highest BCUT2D eigenvalue weighted by molar-refractivity contribution is 7.26. The molecule has 0 spiro atoms. The van der Waals surface area contributed by atoms with E-state index in [1.54, 1.807) is 14.2 Å². The molecular formula is C4H11O4P. The molecule has 0 rings (SSSR count). The van der Waals surface area contributed by atoms with Crippen molar-refractivity contribution < 1.29 is 18.5 Å². The van der Waals surface area contributed by atoms with Gasteiger partial charge in [0.1, 0.15) is 0 Å². The molecule has 0 atom stereocenters. The SMILES string of the molecule is COCOPOCOC. The maximum Gasteiger partial charge on any atom is 0.159 e. The van der Waals surface area contributed by atoms with E-state index < -0.39 is 0 Å². The lowest BCUT2D eigenvalue weighted by Crippen LogP contribution is -1.90. The predicted molar refractivity (Wildman–Crippen MR) is 34.2 cm³/mol. The van der Waals surface area contributed by atoms with Crippen molar-refractivity contribution in [2.45, 2.75) is 0 Å². The Morgan fingerprint density at radius 1 is 1.00 bits per heavy atom. The first-order valence-corrected chi connectivity index (χ1v) is 3.20. The second kappa shape index (κ2) is 8.27. The van der Waals surface area contributed by atoms with Crippen LogP contribution in [0.1, 0.15) is 0 Å². The molecule has 9 heavy (non-hydrogen) atoms. The minimum absolute atomic E-state index is 0.00414. The highest BCUT2D eigenvalue weighted by Gasteiger charge is 1.83. The van der Waals surface area contributed by atoms with Crippen LogP contribution in [0.5, 0.6) is 0 Å². The molecule has 0 saturated heterocycles. The first kappa shape index (κ1) is 9.27. The molecule has 56 valence electrons. The van der Waals surface area contributed by atoms with E-state index in [1.165, 1.54) is 0 Å². The smallest absolute Gasteiger partial charge is 0.159 e. The van der Waals surface area contributed by atoms with E-state index in [-0.39, 0.29) is 22.6 Å².